The van der Waals surface area contributed by atoms with Gasteiger partial charge in [0.25, 0.3) is 0 Å². The molecule has 3 heterocycles. The molecule has 2 saturated heterocycles. The summed E-state index contributed by atoms with van der Waals surface area (Å²) in [5.74, 6) is 0. The quantitative estimate of drug-likeness (QED) is 0.891. The lowest BCUT2D eigenvalue weighted by Crippen LogP contribution is -2.53. The Labute approximate surface area is 138 Å². The molecule has 0 bridgehead atoms. The van der Waals surface area contributed by atoms with Crippen molar-refractivity contribution in [2.75, 3.05) is 26.0 Å². The van der Waals surface area contributed by atoms with Gasteiger partial charge in [0.1, 0.15) is 0 Å². The van der Waals surface area contributed by atoms with Gasteiger partial charge in [0.2, 0.25) is 10.0 Å². The van der Waals surface area contributed by atoms with E-state index in [0.717, 1.165) is 51.0 Å². The molecule has 2 aliphatic rings. The van der Waals surface area contributed by atoms with E-state index in [1.165, 1.54) is 6.26 Å². The molecule has 3 rings (SSSR count). The molecule has 0 saturated carbocycles. The predicted molar refractivity (Wildman–Crippen MR) is 88.4 cm³/mol. The number of ether oxygens (including phenoxy) is 1. The Morgan fingerprint density at radius 1 is 1.39 bits per heavy atom. The summed E-state index contributed by atoms with van der Waals surface area (Å²) < 4.78 is 31.7. The number of sulfonamides is 1. The van der Waals surface area contributed by atoms with E-state index in [9.17, 15) is 8.42 Å². The molecular weight excluding hydrogens is 314 g/mol. The molecule has 6 nitrogen and oxygen atoms in total. The van der Waals surface area contributed by atoms with Gasteiger partial charge in [-0.15, -0.1) is 0 Å². The van der Waals surface area contributed by atoms with Crippen molar-refractivity contribution < 1.29 is 13.2 Å². The van der Waals surface area contributed by atoms with Crippen molar-refractivity contribution in [2.24, 2.45) is 0 Å². The number of rotatable bonds is 4. The zero-order valence-corrected chi connectivity index (χ0v) is 14.4. The van der Waals surface area contributed by atoms with Crippen molar-refractivity contribution in [1.29, 1.82) is 0 Å². The zero-order chi connectivity index (χ0) is 16.3. The Morgan fingerprint density at radius 2 is 2.17 bits per heavy atom. The molecule has 2 aliphatic heterocycles. The third kappa shape index (κ3) is 4.73. The number of pyridine rings is 1. The van der Waals surface area contributed by atoms with Crippen LogP contribution in [0.3, 0.4) is 0 Å². The molecule has 1 atom stereocenters. The number of hydrogen-bond donors (Lipinski definition) is 1. The smallest absolute Gasteiger partial charge is 0.208 e. The molecule has 2 fully saturated rings. The first-order valence-corrected chi connectivity index (χ1v) is 10.1. The number of likely N-dealkylation sites (tertiary alicyclic amines) is 1. The SMILES string of the molecule is CS(=O)(=O)N[C@@H]1CCOC2(CCN(Cc3ccccn3)CC2)C1. The van der Waals surface area contributed by atoms with Crippen LogP contribution < -0.4 is 4.72 Å². The number of nitrogens with zero attached hydrogens (tertiary/aromatic N) is 2. The molecule has 128 valence electrons. The van der Waals surface area contributed by atoms with Crippen LogP contribution >= 0.6 is 0 Å². The van der Waals surface area contributed by atoms with Gasteiger partial charge >= 0.3 is 0 Å². The Balaban J connectivity index is 1.55. The van der Waals surface area contributed by atoms with Gasteiger partial charge < -0.3 is 4.74 Å². The van der Waals surface area contributed by atoms with E-state index in [0.29, 0.717) is 6.61 Å². The second-order valence-electron chi connectivity index (χ2n) is 6.71. The van der Waals surface area contributed by atoms with Crippen molar-refractivity contribution in [1.82, 2.24) is 14.6 Å². The van der Waals surface area contributed by atoms with Crippen LogP contribution in [0, 0.1) is 0 Å². The van der Waals surface area contributed by atoms with Gasteiger partial charge in [-0.05, 0) is 37.8 Å². The molecule has 0 aliphatic carbocycles. The van der Waals surface area contributed by atoms with Gasteiger partial charge in [0.05, 0.1) is 17.6 Å². The number of piperidine rings is 1. The molecule has 1 N–H and O–H groups in total. The monoisotopic (exact) mass is 339 g/mol. The minimum atomic E-state index is -3.15. The van der Waals surface area contributed by atoms with Crippen LogP contribution in [-0.2, 0) is 21.3 Å². The third-order valence-corrected chi connectivity index (χ3v) is 5.51. The highest BCUT2D eigenvalue weighted by Crippen LogP contribution is 2.35. The molecule has 1 aromatic heterocycles. The Hall–Kier alpha value is -1.02. The molecule has 0 amide bonds. The molecule has 0 aromatic carbocycles. The fourth-order valence-electron chi connectivity index (χ4n) is 3.62. The van der Waals surface area contributed by atoms with Crippen LogP contribution in [0.1, 0.15) is 31.4 Å². The van der Waals surface area contributed by atoms with Crippen molar-refractivity contribution in [3.63, 3.8) is 0 Å². The fraction of sp³-hybridized carbons (Fsp3) is 0.688. The lowest BCUT2D eigenvalue weighted by atomic mass is 9.82. The zero-order valence-electron chi connectivity index (χ0n) is 13.6. The molecule has 1 aromatic rings. The second-order valence-corrected chi connectivity index (χ2v) is 8.49. The van der Waals surface area contributed by atoms with Gasteiger partial charge in [-0.2, -0.15) is 0 Å². The van der Waals surface area contributed by atoms with Crippen LogP contribution in [0.2, 0.25) is 0 Å². The summed E-state index contributed by atoms with van der Waals surface area (Å²) >= 11 is 0. The normalized spacial score (nSPS) is 25.5. The van der Waals surface area contributed by atoms with Crippen molar-refractivity contribution >= 4 is 10.0 Å². The standard InChI is InChI=1S/C16H25N3O3S/c1-23(20,21)18-14-5-11-22-16(12-14)6-9-19(10-7-16)13-15-4-2-3-8-17-15/h2-4,8,14,18H,5-7,9-13H2,1H3/t14-/m1/s1. The van der Waals surface area contributed by atoms with Crippen LogP contribution in [0.5, 0.6) is 0 Å². The van der Waals surface area contributed by atoms with Crippen molar-refractivity contribution in [3.05, 3.63) is 30.1 Å². The summed E-state index contributed by atoms with van der Waals surface area (Å²) in [6.07, 6.45) is 6.48. The highest BCUT2D eigenvalue weighted by molar-refractivity contribution is 7.88. The van der Waals surface area contributed by atoms with Crippen LogP contribution in [-0.4, -0.2) is 55.9 Å². The minimum absolute atomic E-state index is 0.00101. The third-order valence-electron chi connectivity index (χ3n) is 4.75. The van der Waals surface area contributed by atoms with Gasteiger partial charge in [0, 0.05) is 38.5 Å². The number of hydrogen-bond acceptors (Lipinski definition) is 5. The first-order chi connectivity index (χ1) is 10.9. The van der Waals surface area contributed by atoms with Crippen LogP contribution in [0.4, 0.5) is 0 Å². The Bertz CT molecular complexity index is 613. The van der Waals surface area contributed by atoms with Gasteiger partial charge in [0.15, 0.2) is 0 Å². The summed E-state index contributed by atoms with van der Waals surface area (Å²) in [6.45, 7) is 3.42. The lowest BCUT2D eigenvalue weighted by Gasteiger charge is -2.46. The Morgan fingerprint density at radius 3 is 2.83 bits per heavy atom. The van der Waals surface area contributed by atoms with E-state index in [1.807, 2.05) is 24.4 Å². The fourth-order valence-corrected chi connectivity index (χ4v) is 4.43. The summed E-state index contributed by atoms with van der Waals surface area (Å²) in [5.41, 5.74) is 0.922. The average molecular weight is 339 g/mol. The average Bonchev–Trinajstić information content (AvgIpc) is 2.50. The minimum Gasteiger partial charge on any atom is -0.375 e. The summed E-state index contributed by atoms with van der Waals surface area (Å²) in [4.78, 5) is 6.77. The number of aromatic nitrogens is 1. The second kappa shape index (κ2) is 6.84. The van der Waals surface area contributed by atoms with Crippen LogP contribution in [0.25, 0.3) is 0 Å². The molecule has 0 unspecified atom stereocenters. The maximum atomic E-state index is 11.5. The van der Waals surface area contributed by atoms with Gasteiger partial charge in [-0.3, -0.25) is 9.88 Å². The van der Waals surface area contributed by atoms with E-state index in [2.05, 4.69) is 14.6 Å². The predicted octanol–water partition coefficient (Wildman–Crippen LogP) is 1.14. The van der Waals surface area contributed by atoms with E-state index in [4.69, 9.17) is 4.74 Å². The molecule has 1 spiro atoms. The summed E-state index contributed by atoms with van der Waals surface area (Å²) in [6, 6.07) is 5.99. The highest BCUT2D eigenvalue weighted by Gasteiger charge is 2.40. The first kappa shape index (κ1) is 16.8. The van der Waals surface area contributed by atoms with E-state index < -0.39 is 10.0 Å². The molecule has 7 heteroatoms. The number of nitrogens with one attached hydrogen (secondary N) is 1. The van der Waals surface area contributed by atoms with E-state index in [-0.39, 0.29) is 11.6 Å². The van der Waals surface area contributed by atoms with Crippen molar-refractivity contribution in [2.45, 2.75) is 43.9 Å². The largest absolute Gasteiger partial charge is 0.375 e. The lowest BCUT2D eigenvalue weighted by molar-refractivity contribution is -0.118. The van der Waals surface area contributed by atoms with E-state index in [1.54, 1.807) is 0 Å². The molecule has 0 radical (unpaired) electrons. The topological polar surface area (TPSA) is 71.5 Å². The molecular formula is C16H25N3O3S. The summed E-state index contributed by atoms with van der Waals surface area (Å²) in [5, 5.41) is 0. The van der Waals surface area contributed by atoms with Gasteiger partial charge in [-0.25, -0.2) is 13.1 Å². The maximum absolute atomic E-state index is 11.5. The van der Waals surface area contributed by atoms with Crippen LogP contribution in [0.15, 0.2) is 24.4 Å². The maximum Gasteiger partial charge on any atom is 0.208 e. The molecule has 23 heavy (non-hydrogen) atoms. The first-order valence-electron chi connectivity index (χ1n) is 8.18. The van der Waals surface area contributed by atoms with Gasteiger partial charge in [-0.1, -0.05) is 6.07 Å². The van der Waals surface area contributed by atoms with Crippen molar-refractivity contribution in [3.8, 4) is 0 Å². The highest BCUT2D eigenvalue weighted by atomic mass is 32.2. The van der Waals surface area contributed by atoms with E-state index >= 15 is 0 Å². The Kier molecular flexibility index (Phi) is 5.01. The summed E-state index contributed by atoms with van der Waals surface area (Å²) in [7, 11) is -3.15.